The summed E-state index contributed by atoms with van der Waals surface area (Å²) >= 11 is 1.07. The molecule has 1 rings (SSSR count). The number of nitrogens with zero attached hydrogens (tertiary/aromatic N) is 4. The van der Waals surface area contributed by atoms with E-state index in [4.69, 9.17) is 0 Å². The summed E-state index contributed by atoms with van der Waals surface area (Å²) in [6.45, 7) is 1.98. The molecule has 0 spiro atoms. The van der Waals surface area contributed by atoms with Crippen molar-refractivity contribution in [3.05, 3.63) is 10.6 Å². The van der Waals surface area contributed by atoms with Crippen LogP contribution >= 0.6 is 11.5 Å². The van der Waals surface area contributed by atoms with Crippen LogP contribution in [0, 0.1) is 0 Å². The molecule has 0 aliphatic carbocycles. The van der Waals surface area contributed by atoms with E-state index < -0.39 is 0 Å². The van der Waals surface area contributed by atoms with Gasteiger partial charge in [-0.15, -0.1) is 5.10 Å². The van der Waals surface area contributed by atoms with E-state index in [-0.39, 0.29) is 18.4 Å². The Hall–Kier alpha value is -1.50. The largest absolute Gasteiger partial charge is 0.347 e. The Morgan fingerprint density at radius 1 is 1.29 bits per heavy atom. The summed E-state index contributed by atoms with van der Waals surface area (Å²) in [6.07, 6.45) is 0.660. The maximum atomic E-state index is 12.0. The molecule has 94 valence electrons. The second-order valence-corrected chi connectivity index (χ2v) is 4.61. The third-order valence-corrected chi connectivity index (χ3v) is 3.06. The van der Waals surface area contributed by atoms with Crippen LogP contribution in [0.3, 0.4) is 0 Å². The van der Waals surface area contributed by atoms with Crippen molar-refractivity contribution < 1.29 is 9.59 Å². The lowest BCUT2D eigenvalue weighted by Crippen LogP contribution is -2.37. The molecule has 0 aliphatic heterocycles. The molecule has 2 amide bonds. The first-order valence-corrected chi connectivity index (χ1v) is 6.01. The molecular weight excluding hydrogens is 240 g/mol. The number of amides is 2. The Bertz CT molecular complexity index is 416. The van der Waals surface area contributed by atoms with Crippen LogP contribution in [0.4, 0.5) is 0 Å². The van der Waals surface area contributed by atoms with E-state index >= 15 is 0 Å². The molecular formula is C10H16N4O2S. The van der Waals surface area contributed by atoms with Gasteiger partial charge in [0.1, 0.15) is 4.88 Å². The second kappa shape index (κ2) is 5.72. The highest BCUT2D eigenvalue weighted by Crippen LogP contribution is 2.13. The molecule has 0 atom stereocenters. The van der Waals surface area contributed by atoms with Gasteiger partial charge in [0.25, 0.3) is 5.91 Å². The minimum absolute atomic E-state index is 0.0624. The topological polar surface area (TPSA) is 66.4 Å². The number of carbonyl (C=O) groups is 2. The van der Waals surface area contributed by atoms with Gasteiger partial charge in [-0.1, -0.05) is 11.4 Å². The monoisotopic (exact) mass is 256 g/mol. The van der Waals surface area contributed by atoms with Crippen molar-refractivity contribution in [2.24, 2.45) is 0 Å². The van der Waals surface area contributed by atoms with Gasteiger partial charge in [-0.25, -0.2) is 0 Å². The van der Waals surface area contributed by atoms with Crippen LogP contribution in [-0.2, 0) is 11.2 Å². The zero-order valence-electron chi connectivity index (χ0n) is 10.4. The first-order chi connectivity index (χ1) is 7.97. The molecule has 0 saturated carbocycles. The molecule has 0 N–H and O–H groups in total. The van der Waals surface area contributed by atoms with E-state index in [2.05, 4.69) is 9.59 Å². The van der Waals surface area contributed by atoms with E-state index in [0.717, 1.165) is 11.5 Å². The van der Waals surface area contributed by atoms with Crippen LogP contribution in [0.15, 0.2) is 0 Å². The Morgan fingerprint density at radius 2 is 1.94 bits per heavy atom. The van der Waals surface area contributed by atoms with Crippen molar-refractivity contribution >= 4 is 23.3 Å². The van der Waals surface area contributed by atoms with Gasteiger partial charge in [-0.3, -0.25) is 9.59 Å². The lowest BCUT2D eigenvalue weighted by Gasteiger charge is -2.18. The fourth-order valence-corrected chi connectivity index (χ4v) is 1.94. The van der Waals surface area contributed by atoms with Crippen LogP contribution in [0.1, 0.15) is 22.3 Å². The molecule has 0 saturated heterocycles. The molecule has 0 aromatic carbocycles. The van der Waals surface area contributed by atoms with Crippen LogP contribution in [0.25, 0.3) is 0 Å². The summed E-state index contributed by atoms with van der Waals surface area (Å²) < 4.78 is 3.76. The standard InChI is InChI=1S/C10H16N4O2S/c1-5-7-9(17-12-11-7)10(16)14(4)6-8(15)13(2)3/h5-6H2,1-4H3. The lowest BCUT2D eigenvalue weighted by molar-refractivity contribution is -0.129. The number of rotatable bonds is 4. The first kappa shape index (κ1) is 13.6. The minimum atomic E-state index is -0.202. The highest BCUT2D eigenvalue weighted by atomic mass is 32.1. The fourth-order valence-electron chi connectivity index (χ4n) is 1.19. The molecule has 0 aliphatic rings. The maximum absolute atomic E-state index is 12.0. The van der Waals surface area contributed by atoms with E-state index in [9.17, 15) is 9.59 Å². The van der Waals surface area contributed by atoms with Crippen LogP contribution in [0.5, 0.6) is 0 Å². The normalized spacial score (nSPS) is 10.1. The molecule has 1 aromatic rings. The third kappa shape index (κ3) is 3.23. The Kier molecular flexibility index (Phi) is 4.56. The van der Waals surface area contributed by atoms with Crippen molar-refractivity contribution in [3.8, 4) is 0 Å². The summed E-state index contributed by atoms with van der Waals surface area (Å²) in [5.74, 6) is -0.316. The van der Waals surface area contributed by atoms with Crippen LogP contribution in [0.2, 0.25) is 0 Å². The Labute approximate surface area is 104 Å². The van der Waals surface area contributed by atoms with Crippen molar-refractivity contribution in [1.82, 2.24) is 19.4 Å². The average Bonchev–Trinajstić information content (AvgIpc) is 2.75. The smallest absolute Gasteiger partial charge is 0.267 e. The van der Waals surface area contributed by atoms with Gasteiger partial charge in [0.15, 0.2) is 0 Å². The van der Waals surface area contributed by atoms with Gasteiger partial charge in [0.05, 0.1) is 12.2 Å². The van der Waals surface area contributed by atoms with Crippen molar-refractivity contribution in [3.63, 3.8) is 0 Å². The van der Waals surface area contributed by atoms with Crippen LogP contribution in [-0.4, -0.2) is 58.9 Å². The number of hydrogen-bond acceptors (Lipinski definition) is 5. The number of carbonyl (C=O) groups excluding carboxylic acids is 2. The second-order valence-electron chi connectivity index (χ2n) is 3.85. The quantitative estimate of drug-likeness (QED) is 0.775. The van der Waals surface area contributed by atoms with E-state index in [0.29, 0.717) is 17.0 Å². The summed E-state index contributed by atoms with van der Waals surface area (Å²) in [6, 6.07) is 0. The summed E-state index contributed by atoms with van der Waals surface area (Å²) in [7, 11) is 4.92. The molecule has 0 radical (unpaired) electrons. The molecule has 0 fully saturated rings. The van der Waals surface area contributed by atoms with Crippen molar-refractivity contribution in [1.29, 1.82) is 0 Å². The Balaban J connectivity index is 2.73. The molecule has 0 bridgehead atoms. The lowest BCUT2D eigenvalue weighted by atomic mass is 10.3. The number of hydrogen-bond donors (Lipinski definition) is 0. The third-order valence-electron chi connectivity index (χ3n) is 2.30. The van der Waals surface area contributed by atoms with Gasteiger partial charge in [-0.05, 0) is 18.0 Å². The molecule has 1 aromatic heterocycles. The summed E-state index contributed by atoms with van der Waals surface area (Å²) in [5, 5.41) is 3.88. The van der Waals surface area contributed by atoms with E-state index in [1.807, 2.05) is 6.92 Å². The average molecular weight is 256 g/mol. The number of aromatic nitrogens is 2. The highest BCUT2D eigenvalue weighted by molar-refractivity contribution is 7.08. The SMILES string of the molecule is CCc1nnsc1C(=O)N(C)CC(=O)N(C)C. The van der Waals surface area contributed by atoms with Gasteiger partial charge in [-0.2, -0.15) is 0 Å². The molecule has 0 unspecified atom stereocenters. The minimum Gasteiger partial charge on any atom is -0.347 e. The van der Waals surface area contributed by atoms with Crippen molar-refractivity contribution in [2.45, 2.75) is 13.3 Å². The summed E-state index contributed by atoms with van der Waals surface area (Å²) in [5.41, 5.74) is 0.684. The molecule has 17 heavy (non-hydrogen) atoms. The van der Waals surface area contributed by atoms with E-state index in [1.165, 1.54) is 9.80 Å². The Morgan fingerprint density at radius 3 is 2.47 bits per heavy atom. The fraction of sp³-hybridized carbons (Fsp3) is 0.600. The van der Waals surface area contributed by atoms with Crippen LogP contribution < -0.4 is 0 Å². The maximum Gasteiger partial charge on any atom is 0.267 e. The zero-order valence-corrected chi connectivity index (χ0v) is 11.2. The molecule has 1 heterocycles. The van der Waals surface area contributed by atoms with Crippen molar-refractivity contribution in [2.75, 3.05) is 27.7 Å². The summed E-state index contributed by atoms with van der Waals surface area (Å²) in [4.78, 5) is 26.9. The molecule has 7 heteroatoms. The van der Waals surface area contributed by atoms with Gasteiger partial charge in [0.2, 0.25) is 5.91 Å². The first-order valence-electron chi connectivity index (χ1n) is 5.24. The van der Waals surface area contributed by atoms with Gasteiger partial charge in [0, 0.05) is 21.1 Å². The van der Waals surface area contributed by atoms with Gasteiger partial charge < -0.3 is 9.80 Å². The highest BCUT2D eigenvalue weighted by Gasteiger charge is 2.21. The zero-order chi connectivity index (χ0) is 13.0. The van der Waals surface area contributed by atoms with E-state index in [1.54, 1.807) is 21.1 Å². The molecule has 6 nitrogen and oxygen atoms in total. The number of likely N-dealkylation sites (N-methyl/N-ethyl adjacent to an activating group) is 2. The number of aryl methyl sites for hydroxylation is 1. The predicted octanol–water partition coefficient (Wildman–Crippen LogP) is 0.261. The van der Waals surface area contributed by atoms with Gasteiger partial charge >= 0.3 is 0 Å². The predicted molar refractivity (Wildman–Crippen MR) is 64.9 cm³/mol.